The van der Waals surface area contributed by atoms with Gasteiger partial charge in [-0.15, -0.1) is 0 Å². The Morgan fingerprint density at radius 3 is 2.87 bits per heavy atom. The summed E-state index contributed by atoms with van der Waals surface area (Å²) in [5.74, 6) is 4.07. The van der Waals surface area contributed by atoms with Crippen LogP contribution in [0.5, 0.6) is 0 Å². The molecule has 23 heavy (non-hydrogen) atoms. The largest absolute Gasteiger partial charge is 0.497 e. The number of allylic oxidation sites excluding steroid dienone is 3. The van der Waals surface area contributed by atoms with E-state index in [1.807, 2.05) is 0 Å². The SMILES string of the molecule is CC=C1CCC2C3CC4=C5CC(=O)CC[C@]5(CO4)C3CC[C@]12C. The Labute approximate surface area is 139 Å². The van der Waals surface area contributed by atoms with Crippen LogP contribution in [0.2, 0.25) is 0 Å². The van der Waals surface area contributed by atoms with E-state index in [1.54, 1.807) is 5.57 Å². The number of hydrogen-bond acceptors (Lipinski definition) is 2. The summed E-state index contributed by atoms with van der Waals surface area (Å²) in [5, 5.41) is 0. The lowest BCUT2D eigenvalue weighted by Crippen LogP contribution is -2.50. The first-order chi connectivity index (χ1) is 11.1. The third-order valence-electron chi connectivity index (χ3n) is 8.43. The molecule has 5 rings (SSSR count). The van der Waals surface area contributed by atoms with Crippen LogP contribution < -0.4 is 0 Å². The van der Waals surface area contributed by atoms with Gasteiger partial charge in [-0.1, -0.05) is 18.6 Å². The lowest BCUT2D eigenvalue weighted by atomic mass is 9.48. The third-order valence-corrected chi connectivity index (χ3v) is 8.43. The number of ether oxygens (including phenoxy) is 1. The molecule has 0 spiro atoms. The van der Waals surface area contributed by atoms with Crippen molar-refractivity contribution in [2.45, 2.75) is 65.2 Å². The molecule has 0 aromatic carbocycles. The number of carbonyl (C=O) groups excluding carboxylic acids is 1. The van der Waals surface area contributed by atoms with Crippen molar-refractivity contribution >= 4 is 5.78 Å². The average molecular weight is 312 g/mol. The van der Waals surface area contributed by atoms with Gasteiger partial charge in [0, 0.05) is 24.7 Å². The van der Waals surface area contributed by atoms with Crippen LogP contribution in [0.25, 0.3) is 0 Å². The first-order valence-corrected chi connectivity index (χ1v) is 9.61. The van der Waals surface area contributed by atoms with Gasteiger partial charge in [0.25, 0.3) is 0 Å². The minimum absolute atomic E-state index is 0.242. The van der Waals surface area contributed by atoms with E-state index in [9.17, 15) is 4.79 Å². The van der Waals surface area contributed by atoms with Crippen LogP contribution in [0, 0.1) is 28.6 Å². The number of fused-ring (bicyclic) bond motifs is 3. The van der Waals surface area contributed by atoms with Gasteiger partial charge in [-0.25, -0.2) is 0 Å². The summed E-state index contributed by atoms with van der Waals surface area (Å²) in [6, 6.07) is 0. The van der Waals surface area contributed by atoms with Crippen molar-refractivity contribution in [1.29, 1.82) is 0 Å². The average Bonchev–Trinajstić information content (AvgIpc) is 3.01. The molecule has 0 aromatic heterocycles. The Morgan fingerprint density at radius 1 is 1.17 bits per heavy atom. The second kappa shape index (κ2) is 4.52. The van der Waals surface area contributed by atoms with Gasteiger partial charge in [0.2, 0.25) is 0 Å². The lowest BCUT2D eigenvalue weighted by Gasteiger charge is -2.55. The van der Waals surface area contributed by atoms with E-state index in [1.165, 1.54) is 37.0 Å². The van der Waals surface area contributed by atoms with Crippen LogP contribution in [0.3, 0.4) is 0 Å². The second-order valence-corrected chi connectivity index (χ2v) is 8.95. The molecule has 124 valence electrons. The number of carbonyl (C=O) groups is 1. The maximum absolute atomic E-state index is 12.0. The fourth-order valence-electron chi connectivity index (χ4n) is 7.31. The van der Waals surface area contributed by atoms with E-state index in [2.05, 4.69) is 19.9 Å². The summed E-state index contributed by atoms with van der Waals surface area (Å²) in [5.41, 5.74) is 3.83. The molecule has 1 heterocycles. The van der Waals surface area contributed by atoms with Crippen LogP contribution in [-0.4, -0.2) is 12.4 Å². The normalized spacial score (nSPS) is 49.7. The van der Waals surface area contributed by atoms with Crippen LogP contribution in [0.1, 0.15) is 65.2 Å². The highest BCUT2D eigenvalue weighted by Gasteiger charge is 2.62. The van der Waals surface area contributed by atoms with Gasteiger partial charge in [0.05, 0.1) is 12.4 Å². The smallest absolute Gasteiger partial charge is 0.137 e. The zero-order valence-electron chi connectivity index (χ0n) is 14.5. The maximum Gasteiger partial charge on any atom is 0.137 e. The summed E-state index contributed by atoms with van der Waals surface area (Å²) in [6.45, 7) is 5.64. The molecule has 0 amide bonds. The highest BCUT2D eigenvalue weighted by molar-refractivity contribution is 5.83. The number of rotatable bonds is 0. The van der Waals surface area contributed by atoms with Crippen molar-refractivity contribution in [3.63, 3.8) is 0 Å². The van der Waals surface area contributed by atoms with Gasteiger partial charge in [-0.3, -0.25) is 4.79 Å². The molecule has 3 saturated carbocycles. The first-order valence-electron chi connectivity index (χ1n) is 9.61. The van der Waals surface area contributed by atoms with E-state index in [-0.39, 0.29) is 5.41 Å². The van der Waals surface area contributed by atoms with Gasteiger partial charge >= 0.3 is 0 Å². The first kappa shape index (κ1) is 14.3. The van der Waals surface area contributed by atoms with Gasteiger partial charge in [-0.05, 0) is 67.8 Å². The summed E-state index contributed by atoms with van der Waals surface area (Å²) in [4.78, 5) is 12.0. The van der Waals surface area contributed by atoms with Crippen LogP contribution in [0.15, 0.2) is 23.0 Å². The van der Waals surface area contributed by atoms with Crippen molar-refractivity contribution in [3.8, 4) is 0 Å². The molecule has 5 aliphatic rings. The summed E-state index contributed by atoms with van der Waals surface area (Å²) < 4.78 is 6.20. The van der Waals surface area contributed by atoms with Crippen LogP contribution >= 0.6 is 0 Å². The molecule has 2 bridgehead atoms. The Bertz CT molecular complexity index is 642. The van der Waals surface area contributed by atoms with Crippen molar-refractivity contribution in [2.75, 3.05) is 6.61 Å². The fourth-order valence-corrected chi connectivity index (χ4v) is 7.31. The van der Waals surface area contributed by atoms with Gasteiger partial charge < -0.3 is 4.74 Å². The molecule has 4 aliphatic carbocycles. The zero-order chi connectivity index (χ0) is 15.8. The molecular formula is C21H28O2. The molecule has 2 nitrogen and oxygen atoms in total. The predicted molar refractivity (Wildman–Crippen MR) is 89.7 cm³/mol. The predicted octanol–water partition coefficient (Wildman–Crippen LogP) is 4.80. The number of Topliss-reactive ketones (excluding diaryl/α,β-unsaturated/α-hetero) is 1. The fraction of sp³-hybridized carbons (Fsp3) is 0.762. The van der Waals surface area contributed by atoms with Crippen molar-refractivity contribution in [3.05, 3.63) is 23.0 Å². The second-order valence-electron chi connectivity index (χ2n) is 8.95. The van der Waals surface area contributed by atoms with E-state index in [0.29, 0.717) is 17.6 Å². The van der Waals surface area contributed by atoms with Gasteiger partial charge in [0.15, 0.2) is 0 Å². The Balaban J connectivity index is 1.57. The van der Waals surface area contributed by atoms with Gasteiger partial charge in [-0.2, -0.15) is 0 Å². The molecule has 3 fully saturated rings. The van der Waals surface area contributed by atoms with E-state index < -0.39 is 0 Å². The molecule has 0 saturated heterocycles. The molecule has 0 N–H and O–H groups in total. The summed E-state index contributed by atoms with van der Waals surface area (Å²) >= 11 is 0. The minimum Gasteiger partial charge on any atom is -0.497 e. The molecule has 2 heteroatoms. The summed E-state index contributed by atoms with van der Waals surface area (Å²) in [6.07, 6.45) is 11.4. The molecule has 5 atom stereocenters. The molecule has 0 aromatic rings. The summed E-state index contributed by atoms with van der Waals surface area (Å²) in [7, 11) is 0. The maximum atomic E-state index is 12.0. The monoisotopic (exact) mass is 312 g/mol. The van der Waals surface area contributed by atoms with Crippen molar-refractivity contribution in [1.82, 2.24) is 0 Å². The minimum atomic E-state index is 0.242. The quantitative estimate of drug-likeness (QED) is 0.600. The standard InChI is InChI=1S/C21H28O2/c1-3-13-4-5-16-15-11-19-18-10-14(22)6-9-21(18,12-23-19)17(15)7-8-20(13,16)2/h3,15-17H,4-12H2,1-2H3/t15?,16?,17?,20-,21+/m1/s1. The molecule has 1 aliphatic heterocycles. The Morgan fingerprint density at radius 2 is 2.04 bits per heavy atom. The van der Waals surface area contributed by atoms with Crippen molar-refractivity contribution in [2.24, 2.45) is 28.6 Å². The number of ketones is 1. The Kier molecular flexibility index (Phi) is 2.81. The van der Waals surface area contributed by atoms with Crippen LogP contribution in [-0.2, 0) is 9.53 Å². The van der Waals surface area contributed by atoms with E-state index >= 15 is 0 Å². The van der Waals surface area contributed by atoms with Crippen molar-refractivity contribution < 1.29 is 9.53 Å². The topological polar surface area (TPSA) is 26.3 Å². The molecule has 3 unspecified atom stereocenters. The van der Waals surface area contributed by atoms with Crippen LogP contribution in [0.4, 0.5) is 0 Å². The zero-order valence-corrected chi connectivity index (χ0v) is 14.5. The Hall–Kier alpha value is -1.05. The third kappa shape index (κ3) is 1.63. The molecular weight excluding hydrogens is 284 g/mol. The van der Waals surface area contributed by atoms with E-state index in [0.717, 1.165) is 43.6 Å². The molecule has 0 radical (unpaired) electrons. The van der Waals surface area contributed by atoms with Gasteiger partial charge in [0.1, 0.15) is 5.78 Å². The highest BCUT2D eigenvalue weighted by Crippen LogP contribution is 2.68. The highest BCUT2D eigenvalue weighted by atomic mass is 16.5. The van der Waals surface area contributed by atoms with E-state index in [4.69, 9.17) is 4.74 Å². The number of hydrogen-bond donors (Lipinski definition) is 0. The lowest BCUT2D eigenvalue weighted by molar-refractivity contribution is -0.122.